The normalized spacial score (nSPS) is 42.8. The number of halogens is 2. The molecular formula is C12H20F2N2O. The summed E-state index contributed by atoms with van der Waals surface area (Å²) >= 11 is 0. The fourth-order valence-corrected chi connectivity index (χ4v) is 2.69. The third-order valence-electron chi connectivity index (χ3n) is 3.98. The molecule has 0 aromatic heterocycles. The lowest BCUT2D eigenvalue weighted by atomic mass is 9.80. The van der Waals surface area contributed by atoms with Gasteiger partial charge in [0.25, 0.3) is 0 Å². The molecule has 1 aliphatic heterocycles. The van der Waals surface area contributed by atoms with Gasteiger partial charge in [0, 0.05) is 12.5 Å². The highest BCUT2D eigenvalue weighted by molar-refractivity contribution is 5.79. The number of nitrogens with zero attached hydrogens (tertiary/aromatic N) is 1. The molecule has 0 aromatic carbocycles. The predicted octanol–water partition coefficient (Wildman–Crippen LogP) is 1.41. The van der Waals surface area contributed by atoms with Gasteiger partial charge in [0.1, 0.15) is 11.8 Å². The molecule has 0 radical (unpaired) electrons. The second-order valence-electron chi connectivity index (χ2n) is 5.61. The zero-order valence-corrected chi connectivity index (χ0v) is 10.2. The van der Waals surface area contributed by atoms with E-state index in [2.05, 4.69) is 0 Å². The molecule has 1 amide bonds. The van der Waals surface area contributed by atoms with Crippen LogP contribution in [0.15, 0.2) is 0 Å². The van der Waals surface area contributed by atoms with Crippen LogP contribution in [0.25, 0.3) is 0 Å². The molecule has 0 bridgehead atoms. The van der Waals surface area contributed by atoms with Crippen molar-refractivity contribution in [2.45, 2.75) is 50.5 Å². The Bertz CT molecular complexity index is 289. The standard InChI is InChI=1S/C12H20F2N2O/c1-12(14)4-2-8(3-5-12)11(17)16-6-9(13)10(15)7-16/h8-10H,2-7,15H2,1H3/t8?,9?,10-,12?/m1/s1. The lowest BCUT2D eigenvalue weighted by molar-refractivity contribution is -0.136. The molecule has 2 fully saturated rings. The average molecular weight is 246 g/mol. The molecule has 0 aromatic rings. The van der Waals surface area contributed by atoms with E-state index in [1.54, 1.807) is 6.92 Å². The summed E-state index contributed by atoms with van der Waals surface area (Å²) in [5.41, 5.74) is 4.41. The van der Waals surface area contributed by atoms with Crippen molar-refractivity contribution in [2.75, 3.05) is 13.1 Å². The molecule has 5 heteroatoms. The Hall–Kier alpha value is -0.710. The SMILES string of the molecule is CC1(F)CCC(C(=O)N2CC(F)[C@H](N)C2)CC1. The topological polar surface area (TPSA) is 46.3 Å². The number of alkyl halides is 2. The van der Waals surface area contributed by atoms with Crippen molar-refractivity contribution >= 4 is 5.91 Å². The van der Waals surface area contributed by atoms with Crippen LogP contribution < -0.4 is 5.73 Å². The maximum atomic E-state index is 13.6. The van der Waals surface area contributed by atoms with Crippen LogP contribution >= 0.6 is 0 Å². The van der Waals surface area contributed by atoms with E-state index in [9.17, 15) is 13.6 Å². The summed E-state index contributed by atoms with van der Waals surface area (Å²) in [5, 5.41) is 0. The van der Waals surface area contributed by atoms with E-state index < -0.39 is 17.9 Å². The third kappa shape index (κ3) is 2.76. The zero-order chi connectivity index (χ0) is 12.6. The van der Waals surface area contributed by atoms with Crippen molar-refractivity contribution in [2.24, 2.45) is 11.7 Å². The van der Waals surface area contributed by atoms with Gasteiger partial charge in [-0.1, -0.05) is 0 Å². The molecule has 1 saturated heterocycles. The number of nitrogens with two attached hydrogens (primary N) is 1. The summed E-state index contributed by atoms with van der Waals surface area (Å²) in [6.45, 7) is 1.98. The van der Waals surface area contributed by atoms with E-state index in [-0.39, 0.29) is 18.4 Å². The zero-order valence-electron chi connectivity index (χ0n) is 10.2. The molecule has 17 heavy (non-hydrogen) atoms. The van der Waals surface area contributed by atoms with E-state index >= 15 is 0 Å². The Labute approximate surface area is 100 Å². The summed E-state index contributed by atoms with van der Waals surface area (Å²) in [7, 11) is 0. The van der Waals surface area contributed by atoms with E-state index in [0.717, 1.165) is 0 Å². The minimum absolute atomic E-state index is 0.0453. The smallest absolute Gasteiger partial charge is 0.225 e. The number of amides is 1. The monoisotopic (exact) mass is 246 g/mol. The van der Waals surface area contributed by atoms with Gasteiger partial charge in [-0.15, -0.1) is 0 Å². The summed E-state index contributed by atoms with van der Waals surface area (Å²) in [5.74, 6) is -0.188. The minimum atomic E-state index is -1.14. The summed E-state index contributed by atoms with van der Waals surface area (Å²) in [4.78, 5) is 13.6. The first kappa shape index (κ1) is 12.7. The van der Waals surface area contributed by atoms with Gasteiger partial charge in [-0.25, -0.2) is 8.78 Å². The molecular weight excluding hydrogens is 226 g/mol. The molecule has 1 aliphatic carbocycles. The van der Waals surface area contributed by atoms with Gasteiger partial charge in [0.2, 0.25) is 5.91 Å². The molecule has 3 nitrogen and oxygen atoms in total. The van der Waals surface area contributed by atoms with Gasteiger partial charge in [0.05, 0.1) is 12.6 Å². The average Bonchev–Trinajstić information content (AvgIpc) is 2.58. The number of rotatable bonds is 1. The largest absolute Gasteiger partial charge is 0.338 e. The van der Waals surface area contributed by atoms with Crippen molar-refractivity contribution in [3.63, 3.8) is 0 Å². The van der Waals surface area contributed by atoms with Crippen LogP contribution in [-0.4, -0.2) is 41.8 Å². The lowest BCUT2D eigenvalue weighted by Crippen LogP contribution is -2.39. The Morgan fingerprint density at radius 1 is 1.35 bits per heavy atom. The Balaban J connectivity index is 1.89. The van der Waals surface area contributed by atoms with Crippen molar-refractivity contribution in [3.05, 3.63) is 0 Å². The van der Waals surface area contributed by atoms with Gasteiger partial charge in [-0.05, 0) is 32.6 Å². The Morgan fingerprint density at radius 3 is 2.41 bits per heavy atom. The van der Waals surface area contributed by atoms with Gasteiger partial charge >= 0.3 is 0 Å². The molecule has 2 rings (SSSR count). The second-order valence-corrected chi connectivity index (χ2v) is 5.61. The summed E-state index contributed by atoms with van der Waals surface area (Å²) in [6, 6.07) is -0.561. The van der Waals surface area contributed by atoms with Gasteiger partial charge in [0.15, 0.2) is 0 Å². The van der Waals surface area contributed by atoms with Crippen LogP contribution in [0.3, 0.4) is 0 Å². The number of carbonyl (C=O) groups excluding carboxylic acids is 1. The van der Waals surface area contributed by atoms with E-state index in [4.69, 9.17) is 5.73 Å². The number of carbonyl (C=O) groups is 1. The van der Waals surface area contributed by atoms with Gasteiger partial charge < -0.3 is 10.6 Å². The van der Waals surface area contributed by atoms with Crippen LogP contribution in [0.1, 0.15) is 32.6 Å². The van der Waals surface area contributed by atoms with Crippen molar-refractivity contribution in [1.82, 2.24) is 4.90 Å². The fraction of sp³-hybridized carbons (Fsp3) is 0.917. The first-order valence-corrected chi connectivity index (χ1v) is 6.26. The van der Waals surface area contributed by atoms with E-state index in [0.29, 0.717) is 32.2 Å². The van der Waals surface area contributed by atoms with Crippen LogP contribution in [0.4, 0.5) is 8.78 Å². The molecule has 2 N–H and O–H groups in total. The molecule has 2 atom stereocenters. The lowest BCUT2D eigenvalue weighted by Gasteiger charge is -2.32. The fourth-order valence-electron chi connectivity index (χ4n) is 2.69. The van der Waals surface area contributed by atoms with Gasteiger partial charge in [-0.2, -0.15) is 0 Å². The molecule has 1 heterocycles. The Morgan fingerprint density at radius 2 is 1.94 bits per heavy atom. The minimum Gasteiger partial charge on any atom is -0.338 e. The molecule has 0 spiro atoms. The second kappa shape index (κ2) is 4.52. The van der Waals surface area contributed by atoms with Gasteiger partial charge in [-0.3, -0.25) is 4.79 Å². The quantitative estimate of drug-likeness (QED) is 0.760. The molecule has 98 valence electrons. The summed E-state index contributed by atoms with van der Waals surface area (Å²) < 4.78 is 26.8. The maximum absolute atomic E-state index is 13.6. The highest BCUT2D eigenvalue weighted by atomic mass is 19.1. The highest BCUT2D eigenvalue weighted by Crippen LogP contribution is 2.35. The molecule has 1 unspecified atom stereocenters. The summed E-state index contributed by atoms with van der Waals surface area (Å²) in [6.07, 6.45) is 0.849. The van der Waals surface area contributed by atoms with Crippen molar-refractivity contribution in [1.29, 1.82) is 0 Å². The van der Waals surface area contributed by atoms with Crippen molar-refractivity contribution in [3.8, 4) is 0 Å². The van der Waals surface area contributed by atoms with E-state index in [1.165, 1.54) is 4.90 Å². The third-order valence-corrected chi connectivity index (χ3v) is 3.98. The number of hydrogen-bond donors (Lipinski definition) is 1. The van der Waals surface area contributed by atoms with E-state index in [1.807, 2.05) is 0 Å². The highest BCUT2D eigenvalue weighted by Gasteiger charge is 2.39. The Kier molecular flexibility index (Phi) is 3.39. The molecule has 2 aliphatic rings. The van der Waals surface area contributed by atoms with Crippen LogP contribution in [0, 0.1) is 5.92 Å². The first-order valence-electron chi connectivity index (χ1n) is 6.26. The van der Waals surface area contributed by atoms with Crippen LogP contribution in [0.2, 0.25) is 0 Å². The number of hydrogen-bond acceptors (Lipinski definition) is 2. The first-order chi connectivity index (χ1) is 7.89. The maximum Gasteiger partial charge on any atom is 0.225 e. The van der Waals surface area contributed by atoms with Crippen LogP contribution in [-0.2, 0) is 4.79 Å². The van der Waals surface area contributed by atoms with Crippen molar-refractivity contribution < 1.29 is 13.6 Å². The van der Waals surface area contributed by atoms with Crippen LogP contribution in [0.5, 0.6) is 0 Å². The predicted molar refractivity (Wildman–Crippen MR) is 60.9 cm³/mol. The molecule has 1 saturated carbocycles. The number of likely N-dealkylation sites (tertiary alicyclic amines) is 1.